The molecule has 2 N–H and O–H groups in total. The number of hydrogen-bond acceptors (Lipinski definition) is 6. The second-order valence-corrected chi connectivity index (χ2v) is 2.70. The summed E-state index contributed by atoms with van der Waals surface area (Å²) in [7, 11) is 0. The van der Waals surface area contributed by atoms with Crippen LogP contribution < -0.4 is 0 Å². The van der Waals surface area contributed by atoms with Crippen LogP contribution in [0, 0.1) is 15.0 Å². The molecule has 0 radical (unpaired) electrons. The molecule has 0 aromatic rings. The number of aliphatic hydroxyl groups excluding tert-OH is 1. The van der Waals surface area contributed by atoms with Crippen molar-refractivity contribution >= 4 is 0 Å². The molecule has 0 unspecified atom stereocenters. The summed E-state index contributed by atoms with van der Waals surface area (Å²) in [6.45, 7) is -0.452. The Hall–Kier alpha value is -1.64. The fourth-order valence-corrected chi connectivity index (χ4v) is 0.919. The van der Waals surface area contributed by atoms with Gasteiger partial charge in [-0.05, 0) is 19.3 Å². The molecule has 0 bridgehead atoms. The van der Waals surface area contributed by atoms with Crippen LogP contribution in [0.4, 0.5) is 0 Å². The zero-order chi connectivity index (χ0) is 11.7. The molecular formula is C6H13N2O7+. The summed E-state index contributed by atoms with van der Waals surface area (Å²) >= 11 is 0. The van der Waals surface area contributed by atoms with E-state index in [1.807, 2.05) is 0 Å². The average molecular weight is 225 g/mol. The fourth-order valence-electron chi connectivity index (χ4n) is 0.919. The van der Waals surface area contributed by atoms with Gasteiger partial charge in [0.2, 0.25) is 0 Å². The van der Waals surface area contributed by atoms with Crippen LogP contribution in [0.25, 0.3) is 0 Å². The second kappa shape index (κ2) is 7.74. The molecule has 9 heteroatoms. The maximum absolute atomic E-state index is 10.0. The quantitative estimate of drug-likeness (QED) is 0.317. The summed E-state index contributed by atoms with van der Waals surface area (Å²) in [5, 5.41) is 24.8. The van der Waals surface area contributed by atoms with Crippen LogP contribution >= 0.6 is 0 Å². The van der Waals surface area contributed by atoms with Crippen LogP contribution in [0.15, 0.2) is 0 Å². The SMILES string of the molecule is O=[N+]([O-])O[C@@H](CCCCO)CO[N+](=O)O. The van der Waals surface area contributed by atoms with E-state index in [0.717, 1.165) is 0 Å². The molecule has 0 aliphatic heterocycles. The normalized spacial score (nSPS) is 11.8. The van der Waals surface area contributed by atoms with Crippen molar-refractivity contribution in [2.45, 2.75) is 25.4 Å². The molecule has 0 saturated carbocycles. The van der Waals surface area contributed by atoms with Crippen LogP contribution in [-0.2, 0) is 9.68 Å². The monoisotopic (exact) mass is 225 g/mol. The first-order chi connectivity index (χ1) is 7.06. The van der Waals surface area contributed by atoms with Crippen molar-refractivity contribution in [2.75, 3.05) is 13.2 Å². The standard InChI is InChI=1S/C6H13N2O7/c9-4-2-1-3-6(15-8(12)13)5-14-7(10)11/h6,9H,1-5H2,(H,10,11)/q+1/t6-/m0/s1. The number of rotatable bonds is 9. The first kappa shape index (κ1) is 13.4. The molecule has 9 nitrogen and oxygen atoms in total. The third kappa shape index (κ3) is 8.68. The molecular weight excluding hydrogens is 212 g/mol. The summed E-state index contributed by atoms with van der Waals surface area (Å²) in [5.74, 6) is 0. The highest BCUT2D eigenvalue weighted by atomic mass is 17.0. The van der Waals surface area contributed by atoms with E-state index >= 15 is 0 Å². The van der Waals surface area contributed by atoms with Crippen molar-refractivity contribution in [3.63, 3.8) is 0 Å². The summed E-state index contributed by atoms with van der Waals surface area (Å²) < 4.78 is 0. The van der Waals surface area contributed by atoms with E-state index in [1.54, 1.807) is 0 Å². The van der Waals surface area contributed by atoms with Gasteiger partial charge in [-0.1, -0.05) is 0 Å². The first-order valence-corrected chi connectivity index (χ1v) is 4.27. The molecule has 0 aromatic carbocycles. The zero-order valence-corrected chi connectivity index (χ0v) is 7.94. The second-order valence-electron chi connectivity index (χ2n) is 2.70. The summed E-state index contributed by atoms with van der Waals surface area (Å²) in [6, 6.07) is 0. The molecule has 88 valence electrons. The van der Waals surface area contributed by atoms with Crippen molar-refractivity contribution in [1.82, 2.24) is 0 Å². The fraction of sp³-hybridized carbons (Fsp3) is 1.00. The Morgan fingerprint density at radius 2 is 2.00 bits per heavy atom. The van der Waals surface area contributed by atoms with Gasteiger partial charge in [-0.25, -0.2) is 5.21 Å². The Labute approximate surface area is 84.8 Å². The predicted molar refractivity (Wildman–Crippen MR) is 44.2 cm³/mol. The first-order valence-electron chi connectivity index (χ1n) is 4.27. The van der Waals surface area contributed by atoms with Crippen molar-refractivity contribution in [2.24, 2.45) is 0 Å². The zero-order valence-electron chi connectivity index (χ0n) is 7.94. The highest BCUT2D eigenvalue weighted by Gasteiger charge is 2.18. The topological polar surface area (TPSA) is 122 Å². The van der Waals surface area contributed by atoms with Crippen LogP contribution in [-0.4, -0.2) is 39.8 Å². The maximum Gasteiger partial charge on any atom is 0.475 e. The lowest BCUT2D eigenvalue weighted by atomic mass is 10.2. The number of nitrogens with zero attached hydrogens (tertiary/aromatic N) is 2. The number of unbranched alkanes of at least 4 members (excludes halogenated alkanes) is 1. The van der Waals surface area contributed by atoms with E-state index in [0.29, 0.717) is 12.8 Å². The molecule has 0 saturated heterocycles. The van der Waals surface area contributed by atoms with Crippen LogP contribution in [0.2, 0.25) is 0 Å². The molecule has 0 rings (SSSR count). The lowest BCUT2D eigenvalue weighted by molar-refractivity contribution is -0.977. The number of aliphatic hydroxyl groups is 1. The van der Waals surface area contributed by atoms with Crippen molar-refractivity contribution in [1.29, 1.82) is 0 Å². The molecule has 0 aliphatic carbocycles. The minimum atomic E-state index is -1.00. The van der Waals surface area contributed by atoms with Gasteiger partial charge in [0.15, 0.2) is 6.61 Å². The largest absolute Gasteiger partial charge is 0.475 e. The van der Waals surface area contributed by atoms with Crippen molar-refractivity contribution in [3.05, 3.63) is 15.0 Å². The van der Waals surface area contributed by atoms with Crippen LogP contribution in [0.3, 0.4) is 0 Å². The van der Waals surface area contributed by atoms with E-state index in [1.165, 1.54) is 0 Å². The summed E-state index contributed by atoms with van der Waals surface area (Å²) in [4.78, 5) is 28.2. The minimum Gasteiger partial charge on any atom is -0.396 e. The van der Waals surface area contributed by atoms with Gasteiger partial charge in [0, 0.05) is 6.61 Å². The Kier molecular flexibility index (Phi) is 6.89. The van der Waals surface area contributed by atoms with Gasteiger partial charge in [-0.15, -0.1) is 10.1 Å². The van der Waals surface area contributed by atoms with E-state index in [9.17, 15) is 15.0 Å². The predicted octanol–water partition coefficient (Wildman–Crippen LogP) is -0.174. The van der Waals surface area contributed by atoms with Gasteiger partial charge in [-0.3, -0.25) is 0 Å². The van der Waals surface area contributed by atoms with E-state index in [-0.39, 0.29) is 13.0 Å². The van der Waals surface area contributed by atoms with E-state index in [2.05, 4.69) is 9.68 Å². The number of hydrogen-bond donors (Lipinski definition) is 2. The Balaban J connectivity index is 3.83. The minimum absolute atomic E-state index is 0.0281. The molecule has 0 spiro atoms. The van der Waals surface area contributed by atoms with Gasteiger partial charge >= 0.3 is 5.09 Å². The van der Waals surface area contributed by atoms with Crippen LogP contribution in [0.1, 0.15) is 19.3 Å². The van der Waals surface area contributed by atoms with Gasteiger partial charge in [0.25, 0.3) is 5.09 Å². The lowest BCUT2D eigenvalue weighted by Crippen LogP contribution is -2.25. The van der Waals surface area contributed by atoms with Crippen LogP contribution in [0.5, 0.6) is 0 Å². The van der Waals surface area contributed by atoms with Gasteiger partial charge in [0.05, 0.1) is 0 Å². The molecule has 0 heterocycles. The summed E-state index contributed by atoms with van der Waals surface area (Å²) in [5.41, 5.74) is 0. The maximum atomic E-state index is 10.0. The van der Waals surface area contributed by atoms with Crippen molar-refractivity contribution < 1.29 is 30.2 Å². The van der Waals surface area contributed by atoms with E-state index in [4.69, 9.17) is 10.3 Å². The van der Waals surface area contributed by atoms with E-state index < -0.39 is 22.9 Å². The van der Waals surface area contributed by atoms with Crippen molar-refractivity contribution in [3.8, 4) is 0 Å². The molecule has 1 atom stereocenters. The van der Waals surface area contributed by atoms with Gasteiger partial charge < -0.3 is 9.94 Å². The Bertz CT molecular complexity index is 210. The average Bonchev–Trinajstić information content (AvgIpc) is 2.13. The smallest absolute Gasteiger partial charge is 0.396 e. The summed E-state index contributed by atoms with van der Waals surface area (Å²) in [6.07, 6.45) is 0.269. The highest BCUT2D eigenvalue weighted by molar-refractivity contribution is 4.54. The van der Waals surface area contributed by atoms with Gasteiger partial charge in [0.1, 0.15) is 11.0 Å². The third-order valence-corrected chi connectivity index (χ3v) is 1.54. The van der Waals surface area contributed by atoms with Gasteiger partial charge in [-0.2, -0.15) is 4.84 Å². The molecule has 0 amide bonds. The lowest BCUT2D eigenvalue weighted by Gasteiger charge is -2.09. The Morgan fingerprint density at radius 1 is 1.33 bits per heavy atom. The molecule has 15 heavy (non-hydrogen) atoms. The third-order valence-electron chi connectivity index (χ3n) is 1.54. The highest BCUT2D eigenvalue weighted by Crippen LogP contribution is 2.05. The Morgan fingerprint density at radius 3 is 2.47 bits per heavy atom. The molecule has 0 aliphatic rings. The molecule has 0 fully saturated rings. The molecule has 0 aromatic heterocycles.